The Morgan fingerprint density at radius 2 is 1.88 bits per heavy atom. The molecule has 0 unspecified atom stereocenters. The third-order valence-corrected chi connectivity index (χ3v) is 5.59. The van der Waals surface area contributed by atoms with Crippen LogP contribution in [0.2, 0.25) is 5.02 Å². The molecule has 0 aliphatic rings. The van der Waals surface area contributed by atoms with E-state index in [2.05, 4.69) is 10.1 Å². The maximum Gasteiger partial charge on any atom is 0.313 e. The number of carbonyl (C=O) groups excluding carboxylic acids is 1. The van der Waals surface area contributed by atoms with Crippen molar-refractivity contribution in [3.05, 3.63) is 71.3 Å². The molecule has 3 aromatic carbocycles. The van der Waals surface area contributed by atoms with Crippen molar-refractivity contribution >= 4 is 39.3 Å². The molecular weight excluding hydrogens is 460 g/mol. The van der Waals surface area contributed by atoms with Gasteiger partial charge in [-0.05, 0) is 35.0 Å². The number of fused-ring (bicyclic) bond motifs is 3. The van der Waals surface area contributed by atoms with Crippen LogP contribution in [-0.2, 0) is 22.6 Å². The summed E-state index contributed by atoms with van der Waals surface area (Å²) >= 11 is 6.24. The SMILES string of the molecule is COc1cc(-c2noc(COC(=O)Cc3cc4c(ccc5ccccc54)o3)n2)cc(Cl)c1OC. The summed E-state index contributed by atoms with van der Waals surface area (Å²) in [5.74, 6) is 1.30. The van der Waals surface area contributed by atoms with Crippen molar-refractivity contribution in [1.29, 1.82) is 0 Å². The number of rotatable bonds is 7. The monoisotopic (exact) mass is 478 g/mol. The van der Waals surface area contributed by atoms with Crippen molar-refractivity contribution in [2.45, 2.75) is 13.0 Å². The van der Waals surface area contributed by atoms with Crippen LogP contribution in [0.3, 0.4) is 0 Å². The number of hydrogen-bond donors (Lipinski definition) is 0. The lowest BCUT2D eigenvalue weighted by molar-refractivity contribution is -0.145. The molecule has 0 aliphatic carbocycles. The molecule has 2 heterocycles. The van der Waals surface area contributed by atoms with Gasteiger partial charge >= 0.3 is 5.97 Å². The lowest BCUT2D eigenvalue weighted by Gasteiger charge is -2.10. The minimum absolute atomic E-state index is 0.0186. The molecule has 0 bridgehead atoms. The van der Waals surface area contributed by atoms with Gasteiger partial charge in [-0.15, -0.1) is 0 Å². The first kappa shape index (κ1) is 21.8. The Morgan fingerprint density at radius 1 is 1.03 bits per heavy atom. The van der Waals surface area contributed by atoms with Gasteiger partial charge in [-0.3, -0.25) is 4.79 Å². The molecule has 0 amide bonds. The summed E-state index contributed by atoms with van der Waals surface area (Å²) < 4.78 is 26.9. The number of ether oxygens (including phenoxy) is 3. The largest absolute Gasteiger partial charge is 0.493 e. The van der Waals surface area contributed by atoms with Gasteiger partial charge in [0.15, 0.2) is 18.1 Å². The number of halogens is 1. The third kappa shape index (κ3) is 4.15. The van der Waals surface area contributed by atoms with Crippen molar-refractivity contribution in [2.75, 3.05) is 14.2 Å². The fourth-order valence-electron chi connectivity index (χ4n) is 3.75. The molecule has 172 valence electrons. The van der Waals surface area contributed by atoms with Crippen LogP contribution in [0.15, 0.2) is 63.5 Å². The predicted molar refractivity (Wildman–Crippen MR) is 125 cm³/mol. The normalized spacial score (nSPS) is 11.1. The van der Waals surface area contributed by atoms with E-state index >= 15 is 0 Å². The lowest BCUT2D eigenvalue weighted by atomic mass is 10.1. The molecule has 0 spiro atoms. The van der Waals surface area contributed by atoms with E-state index in [4.69, 9.17) is 34.8 Å². The van der Waals surface area contributed by atoms with E-state index in [9.17, 15) is 4.79 Å². The first-order valence-electron chi connectivity index (χ1n) is 10.4. The molecule has 34 heavy (non-hydrogen) atoms. The summed E-state index contributed by atoms with van der Waals surface area (Å²) in [4.78, 5) is 16.6. The molecule has 0 aliphatic heterocycles. The molecule has 2 aromatic heterocycles. The summed E-state index contributed by atoms with van der Waals surface area (Å²) in [6, 6.07) is 17.1. The van der Waals surface area contributed by atoms with Crippen LogP contribution in [0.5, 0.6) is 11.5 Å². The van der Waals surface area contributed by atoms with E-state index < -0.39 is 5.97 Å². The lowest BCUT2D eigenvalue weighted by Crippen LogP contribution is -2.07. The van der Waals surface area contributed by atoms with Crippen LogP contribution in [-0.4, -0.2) is 30.3 Å². The van der Waals surface area contributed by atoms with Gasteiger partial charge in [0.1, 0.15) is 17.8 Å². The summed E-state index contributed by atoms with van der Waals surface area (Å²) in [5.41, 5.74) is 1.29. The minimum Gasteiger partial charge on any atom is -0.493 e. The Balaban J connectivity index is 1.26. The number of benzene rings is 3. The topological polar surface area (TPSA) is 96.8 Å². The standard InChI is InChI=1S/C25H19ClN2O6/c1-30-21-10-15(9-19(26)24(21)31-2)25-27-22(34-28-25)13-32-23(29)12-16-11-18-17-6-4-3-5-14(17)7-8-20(18)33-16/h3-11H,12-13H2,1-2H3. The van der Waals surface area contributed by atoms with Gasteiger partial charge in [-0.1, -0.05) is 47.1 Å². The second-order valence-electron chi connectivity index (χ2n) is 7.45. The Kier molecular flexibility index (Phi) is 5.81. The number of hydrogen-bond acceptors (Lipinski definition) is 8. The van der Waals surface area contributed by atoms with Crippen LogP contribution in [0.4, 0.5) is 0 Å². The smallest absolute Gasteiger partial charge is 0.313 e. The average Bonchev–Trinajstić information content (AvgIpc) is 3.49. The number of furan rings is 1. The highest BCUT2D eigenvalue weighted by molar-refractivity contribution is 6.32. The third-order valence-electron chi connectivity index (χ3n) is 5.31. The molecule has 5 rings (SSSR count). The zero-order valence-corrected chi connectivity index (χ0v) is 19.1. The molecule has 8 nitrogen and oxygen atoms in total. The summed E-state index contributed by atoms with van der Waals surface area (Å²) in [6.45, 7) is -0.171. The maximum atomic E-state index is 12.4. The fraction of sp³-hybridized carbons (Fsp3) is 0.160. The van der Waals surface area contributed by atoms with E-state index in [0.717, 1.165) is 21.7 Å². The quantitative estimate of drug-likeness (QED) is 0.279. The summed E-state index contributed by atoms with van der Waals surface area (Å²) in [7, 11) is 3.00. The van der Waals surface area contributed by atoms with Gasteiger partial charge in [-0.25, -0.2) is 0 Å². The van der Waals surface area contributed by atoms with E-state index in [1.165, 1.54) is 14.2 Å². The van der Waals surface area contributed by atoms with Gasteiger partial charge in [0, 0.05) is 10.9 Å². The van der Waals surface area contributed by atoms with Crippen LogP contribution in [0, 0.1) is 0 Å². The number of esters is 1. The highest BCUT2D eigenvalue weighted by Gasteiger charge is 2.17. The molecule has 0 N–H and O–H groups in total. The van der Waals surface area contributed by atoms with E-state index in [-0.39, 0.29) is 24.7 Å². The van der Waals surface area contributed by atoms with Gasteiger partial charge < -0.3 is 23.2 Å². The van der Waals surface area contributed by atoms with Crippen LogP contribution in [0.1, 0.15) is 11.7 Å². The molecule has 0 radical (unpaired) electrons. The minimum atomic E-state index is -0.475. The van der Waals surface area contributed by atoms with Gasteiger partial charge in [0.05, 0.1) is 19.2 Å². The highest BCUT2D eigenvalue weighted by Crippen LogP contribution is 2.38. The number of aromatic nitrogens is 2. The Morgan fingerprint density at radius 3 is 2.71 bits per heavy atom. The van der Waals surface area contributed by atoms with Crippen molar-refractivity contribution in [2.24, 2.45) is 0 Å². The number of methoxy groups -OCH3 is 2. The van der Waals surface area contributed by atoms with E-state index in [1.54, 1.807) is 12.1 Å². The van der Waals surface area contributed by atoms with Crippen LogP contribution in [0.25, 0.3) is 33.1 Å². The fourth-order valence-corrected chi connectivity index (χ4v) is 4.03. The van der Waals surface area contributed by atoms with Crippen LogP contribution >= 0.6 is 11.6 Å². The molecule has 0 saturated carbocycles. The molecule has 9 heteroatoms. The van der Waals surface area contributed by atoms with Gasteiger partial charge in [0.2, 0.25) is 5.82 Å². The van der Waals surface area contributed by atoms with Crippen molar-refractivity contribution < 1.29 is 27.9 Å². The van der Waals surface area contributed by atoms with Gasteiger partial charge in [-0.2, -0.15) is 4.98 Å². The Bertz CT molecular complexity index is 1510. The zero-order valence-electron chi connectivity index (χ0n) is 18.3. The Labute approximate surface area is 199 Å². The highest BCUT2D eigenvalue weighted by atomic mass is 35.5. The molecule has 5 aromatic rings. The molecule has 0 fully saturated rings. The average molecular weight is 479 g/mol. The molecule has 0 atom stereocenters. The zero-order chi connectivity index (χ0) is 23.7. The second-order valence-corrected chi connectivity index (χ2v) is 7.86. The number of nitrogens with zero attached hydrogens (tertiary/aromatic N) is 2. The summed E-state index contributed by atoms with van der Waals surface area (Å²) in [5, 5.41) is 7.39. The molecular formula is C25H19ClN2O6. The summed E-state index contributed by atoms with van der Waals surface area (Å²) in [6.07, 6.45) is -0.0186. The van der Waals surface area contributed by atoms with Crippen molar-refractivity contribution in [1.82, 2.24) is 10.1 Å². The van der Waals surface area contributed by atoms with E-state index in [1.807, 2.05) is 42.5 Å². The van der Waals surface area contributed by atoms with Crippen LogP contribution < -0.4 is 9.47 Å². The van der Waals surface area contributed by atoms with E-state index in [0.29, 0.717) is 27.8 Å². The van der Waals surface area contributed by atoms with Crippen molar-refractivity contribution in [3.8, 4) is 22.9 Å². The Hall–Kier alpha value is -4.04. The second kappa shape index (κ2) is 9.07. The van der Waals surface area contributed by atoms with Crippen molar-refractivity contribution in [3.63, 3.8) is 0 Å². The number of carbonyl (C=O) groups is 1. The maximum absolute atomic E-state index is 12.4. The predicted octanol–water partition coefficient (Wildman–Crippen LogP) is 5.59. The first-order chi connectivity index (χ1) is 16.6. The molecule has 0 saturated heterocycles. The first-order valence-corrected chi connectivity index (χ1v) is 10.7. The van der Waals surface area contributed by atoms with Gasteiger partial charge in [0.25, 0.3) is 5.89 Å².